The molecule has 0 unspecified atom stereocenters. The lowest BCUT2D eigenvalue weighted by atomic mass is 9.98. The van der Waals surface area contributed by atoms with Gasteiger partial charge in [0.2, 0.25) is 0 Å². The minimum atomic E-state index is -4.41. The van der Waals surface area contributed by atoms with Crippen molar-refractivity contribution in [2.75, 3.05) is 0 Å². The molecule has 1 atom stereocenters. The fourth-order valence-corrected chi connectivity index (χ4v) is 3.74. The highest BCUT2D eigenvalue weighted by atomic mass is 19.4. The number of halogens is 3. The van der Waals surface area contributed by atoms with Crippen molar-refractivity contribution >= 4 is 16.8 Å². The Morgan fingerprint density at radius 2 is 1.78 bits per heavy atom. The van der Waals surface area contributed by atoms with E-state index in [0.29, 0.717) is 16.5 Å². The molecule has 0 radical (unpaired) electrons. The van der Waals surface area contributed by atoms with Crippen molar-refractivity contribution in [3.05, 3.63) is 100 Å². The van der Waals surface area contributed by atoms with Gasteiger partial charge in [0.05, 0.1) is 17.1 Å². The Labute approximate surface area is 183 Å². The van der Waals surface area contributed by atoms with Crippen LogP contribution in [0.3, 0.4) is 0 Å². The topological polar surface area (TPSA) is 57.8 Å². The summed E-state index contributed by atoms with van der Waals surface area (Å²) in [4.78, 5) is 13.0. The SMILES string of the molecule is Cc1ccc([C@H](C)NC(=O)c2n[nH]c3cccc(Cc4cccc(C(F)(F)F)c4)c23)cc1. The van der Waals surface area contributed by atoms with E-state index in [4.69, 9.17) is 0 Å². The Balaban J connectivity index is 1.63. The van der Waals surface area contributed by atoms with Crippen molar-refractivity contribution in [1.82, 2.24) is 15.5 Å². The second kappa shape index (κ2) is 8.49. The van der Waals surface area contributed by atoms with Crippen LogP contribution in [0.4, 0.5) is 13.2 Å². The van der Waals surface area contributed by atoms with Gasteiger partial charge in [0, 0.05) is 5.39 Å². The van der Waals surface area contributed by atoms with E-state index in [0.717, 1.165) is 28.8 Å². The van der Waals surface area contributed by atoms with Crippen molar-refractivity contribution < 1.29 is 18.0 Å². The lowest BCUT2D eigenvalue weighted by Gasteiger charge is -2.14. The number of amides is 1. The van der Waals surface area contributed by atoms with Crippen LogP contribution in [0.2, 0.25) is 0 Å². The minimum absolute atomic E-state index is 0.224. The zero-order valence-electron chi connectivity index (χ0n) is 17.6. The monoisotopic (exact) mass is 437 g/mol. The summed E-state index contributed by atoms with van der Waals surface area (Å²) in [5.41, 5.74) is 3.51. The number of aromatic amines is 1. The van der Waals surface area contributed by atoms with Gasteiger partial charge in [-0.1, -0.05) is 60.2 Å². The molecule has 0 spiro atoms. The molecular formula is C25H22F3N3O. The number of carbonyl (C=O) groups is 1. The molecule has 2 N–H and O–H groups in total. The van der Waals surface area contributed by atoms with Gasteiger partial charge in [0.15, 0.2) is 5.69 Å². The van der Waals surface area contributed by atoms with Crippen molar-refractivity contribution in [2.45, 2.75) is 32.5 Å². The number of nitrogens with zero attached hydrogens (tertiary/aromatic N) is 1. The van der Waals surface area contributed by atoms with Crippen LogP contribution < -0.4 is 5.32 Å². The maximum atomic E-state index is 13.1. The van der Waals surface area contributed by atoms with E-state index < -0.39 is 11.7 Å². The van der Waals surface area contributed by atoms with Gasteiger partial charge in [-0.15, -0.1) is 0 Å². The fraction of sp³-hybridized carbons (Fsp3) is 0.200. The van der Waals surface area contributed by atoms with Crippen molar-refractivity contribution in [2.24, 2.45) is 0 Å². The van der Waals surface area contributed by atoms with Gasteiger partial charge in [-0.25, -0.2) is 0 Å². The Bertz CT molecular complexity index is 1260. The molecule has 0 fully saturated rings. The number of fused-ring (bicyclic) bond motifs is 1. The van der Waals surface area contributed by atoms with E-state index in [-0.39, 0.29) is 24.1 Å². The van der Waals surface area contributed by atoms with Gasteiger partial charge in [0.25, 0.3) is 5.91 Å². The fourth-order valence-electron chi connectivity index (χ4n) is 3.74. The summed E-state index contributed by atoms with van der Waals surface area (Å²) in [5.74, 6) is -0.346. The third kappa shape index (κ3) is 4.51. The Hall–Kier alpha value is -3.61. The Morgan fingerprint density at radius 3 is 2.50 bits per heavy atom. The van der Waals surface area contributed by atoms with E-state index in [1.54, 1.807) is 24.3 Å². The largest absolute Gasteiger partial charge is 0.416 e. The molecule has 4 nitrogen and oxygen atoms in total. The molecule has 32 heavy (non-hydrogen) atoms. The molecule has 1 aromatic heterocycles. The number of carbonyl (C=O) groups excluding carboxylic acids is 1. The number of rotatable bonds is 5. The lowest BCUT2D eigenvalue weighted by Crippen LogP contribution is -2.27. The quantitative estimate of drug-likeness (QED) is 0.404. The van der Waals surface area contributed by atoms with Gasteiger partial charge in [-0.3, -0.25) is 9.89 Å². The Morgan fingerprint density at radius 1 is 1.06 bits per heavy atom. The van der Waals surface area contributed by atoms with Crippen LogP contribution in [0.25, 0.3) is 10.9 Å². The zero-order chi connectivity index (χ0) is 22.9. The molecule has 4 rings (SSSR count). The van der Waals surface area contributed by atoms with Gasteiger partial charge < -0.3 is 5.32 Å². The summed E-state index contributed by atoms with van der Waals surface area (Å²) in [7, 11) is 0. The van der Waals surface area contributed by atoms with E-state index in [1.807, 2.05) is 38.1 Å². The molecule has 0 aliphatic rings. The average molecular weight is 437 g/mol. The molecule has 1 heterocycles. The highest BCUT2D eigenvalue weighted by Gasteiger charge is 2.30. The number of aromatic nitrogens is 2. The van der Waals surface area contributed by atoms with Gasteiger partial charge in [-0.2, -0.15) is 18.3 Å². The second-order valence-electron chi connectivity index (χ2n) is 7.89. The molecule has 0 aliphatic carbocycles. The second-order valence-corrected chi connectivity index (χ2v) is 7.89. The van der Waals surface area contributed by atoms with Gasteiger partial charge in [-0.05, 0) is 49.1 Å². The average Bonchev–Trinajstić information content (AvgIpc) is 3.19. The molecular weight excluding hydrogens is 415 g/mol. The van der Waals surface area contributed by atoms with E-state index in [2.05, 4.69) is 15.5 Å². The number of hydrogen-bond acceptors (Lipinski definition) is 2. The number of aryl methyl sites for hydroxylation is 1. The Kier molecular flexibility index (Phi) is 5.74. The first kappa shape index (κ1) is 21.6. The highest BCUT2D eigenvalue weighted by Crippen LogP contribution is 2.31. The molecule has 1 amide bonds. The lowest BCUT2D eigenvalue weighted by molar-refractivity contribution is -0.137. The first-order chi connectivity index (χ1) is 15.2. The molecule has 0 saturated carbocycles. The number of alkyl halides is 3. The summed E-state index contributed by atoms with van der Waals surface area (Å²) in [5, 5.41) is 10.6. The number of H-pyrrole nitrogens is 1. The van der Waals surface area contributed by atoms with Crippen molar-refractivity contribution in [1.29, 1.82) is 0 Å². The normalized spacial score (nSPS) is 12.7. The van der Waals surface area contributed by atoms with Crippen LogP contribution in [-0.2, 0) is 12.6 Å². The van der Waals surface area contributed by atoms with E-state index in [9.17, 15) is 18.0 Å². The van der Waals surface area contributed by atoms with Gasteiger partial charge in [0.1, 0.15) is 0 Å². The maximum Gasteiger partial charge on any atom is 0.416 e. The molecule has 164 valence electrons. The molecule has 0 bridgehead atoms. The number of nitrogens with one attached hydrogen (secondary N) is 2. The molecule has 0 saturated heterocycles. The molecule has 4 aromatic rings. The van der Waals surface area contributed by atoms with Crippen LogP contribution in [0.5, 0.6) is 0 Å². The summed E-state index contributed by atoms with van der Waals surface area (Å²) < 4.78 is 39.3. The van der Waals surface area contributed by atoms with Crippen molar-refractivity contribution in [3.63, 3.8) is 0 Å². The minimum Gasteiger partial charge on any atom is -0.344 e. The predicted octanol–water partition coefficient (Wildman–Crippen LogP) is 5.97. The predicted molar refractivity (Wildman–Crippen MR) is 117 cm³/mol. The van der Waals surface area contributed by atoms with Crippen LogP contribution >= 0.6 is 0 Å². The van der Waals surface area contributed by atoms with Crippen LogP contribution in [0, 0.1) is 6.92 Å². The van der Waals surface area contributed by atoms with E-state index in [1.165, 1.54) is 6.07 Å². The van der Waals surface area contributed by atoms with Crippen LogP contribution in [0.1, 0.15) is 51.3 Å². The number of hydrogen-bond donors (Lipinski definition) is 2. The summed E-state index contributed by atoms with van der Waals surface area (Å²) in [6.07, 6.45) is -4.16. The van der Waals surface area contributed by atoms with Crippen LogP contribution in [-0.4, -0.2) is 16.1 Å². The summed E-state index contributed by atoms with van der Waals surface area (Å²) in [6, 6.07) is 18.3. The molecule has 3 aromatic carbocycles. The molecule has 0 aliphatic heterocycles. The van der Waals surface area contributed by atoms with Crippen LogP contribution in [0.15, 0.2) is 66.7 Å². The third-order valence-corrected chi connectivity index (χ3v) is 5.46. The van der Waals surface area contributed by atoms with Gasteiger partial charge >= 0.3 is 6.18 Å². The number of benzene rings is 3. The van der Waals surface area contributed by atoms with E-state index >= 15 is 0 Å². The first-order valence-electron chi connectivity index (χ1n) is 10.2. The zero-order valence-corrected chi connectivity index (χ0v) is 17.6. The van der Waals surface area contributed by atoms with Crippen molar-refractivity contribution in [3.8, 4) is 0 Å². The summed E-state index contributed by atoms with van der Waals surface area (Å²) >= 11 is 0. The highest BCUT2D eigenvalue weighted by molar-refractivity contribution is 6.06. The standard InChI is InChI=1S/C25H22F3N3O/c1-15-9-11-18(12-10-15)16(2)29-24(32)23-22-19(6-4-8-21(22)30-31-23)13-17-5-3-7-20(14-17)25(26,27)28/h3-12,14,16H,13H2,1-2H3,(H,29,32)(H,30,31)/t16-/m0/s1. The third-order valence-electron chi connectivity index (χ3n) is 5.46. The maximum absolute atomic E-state index is 13.1. The molecule has 7 heteroatoms. The first-order valence-corrected chi connectivity index (χ1v) is 10.2. The summed E-state index contributed by atoms with van der Waals surface area (Å²) in [6.45, 7) is 3.88. The smallest absolute Gasteiger partial charge is 0.344 e.